The molecule has 6 heteroatoms. The van der Waals surface area contributed by atoms with Crippen molar-refractivity contribution >= 4 is 32.9 Å². The standard InChI is InChI=1S/C23H27BrN4O/c1-16(2)25-23(29)17-7-6-12-27(14-17)15-22-26-20-10-3-4-11-21(20)28(22)19-9-5-8-18(24)13-19/h3-5,8-11,13,16-17H,6-7,12,14-15H2,1-2H3,(H,25,29)/t17-/m0/s1. The summed E-state index contributed by atoms with van der Waals surface area (Å²) in [5.74, 6) is 1.23. The Hall–Kier alpha value is -2.18. The maximum absolute atomic E-state index is 12.5. The number of hydrogen-bond donors (Lipinski definition) is 1. The third-order valence-corrected chi connectivity index (χ3v) is 5.86. The molecule has 4 rings (SSSR count). The Bertz CT molecular complexity index is 1010. The molecule has 29 heavy (non-hydrogen) atoms. The van der Waals surface area contributed by atoms with Crippen LogP contribution in [0.1, 0.15) is 32.5 Å². The number of carbonyl (C=O) groups is 1. The summed E-state index contributed by atoms with van der Waals surface area (Å²) in [4.78, 5) is 19.8. The van der Waals surface area contributed by atoms with Crippen molar-refractivity contribution in [2.45, 2.75) is 39.3 Å². The molecule has 0 aliphatic carbocycles. The number of hydrogen-bond acceptors (Lipinski definition) is 3. The van der Waals surface area contributed by atoms with E-state index >= 15 is 0 Å². The van der Waals surface area contributed by atoms with Crippen LogP contribution in [0.25, 0.3) is 16.7 Å². The number of carbonyl (C=O) groups excluding carboxylic acids is 1. The number of aromatic nitrogens is 2. The van der Waals surface area contributed by atoms with Gasteiger partial charge in [0.2, 0.25) is 5.91 Å². The summed E-state index contributed by atoms with van der Waals surface area (Å²) in [7, 11) is 0. The summed E-state index contributed by atoms with van der Waals surface area (Å²) in [6.45, 7) is 6.53. The molecule has 1 aromatic heterocycles. The first-order valence-electron chi connectivity index (χ1n) is 10.3. The Morgan fingerprint density at radius 1 is 1.24 bits per heavy atom. The Morgan fingerprint density at radius 2 is 2.07 bits per heavy atom. The summed E-state index contributed by atoms with van der Waals surface area (Å²) in [5.41, 5.74) is 3.19. The molecule has 0 saturated carbocycles. The lowest BCUT2D eigenvalue weighted by molar-refractivity contribution is -0.127. The minimum absolute atomic E-state index is 0.0508. The average Bonchev–Trinajstić information content (AvgIpc) is 3.05. The zero-order chi connectivity index (χ0) is 20.4. The molecule has 1 fully saturated rings. The first-order chi connectivity index (χ1) is 14.0. The Labute approximate surface area is 180 Å². The minimum Gasteiger partial charge on any atom is -0.354 e. The zero-order valence-corrected chi connectivity index (χ0v) is 18.5. The fourth-order valence-electron chi connectivity index (χ4n) is 4.10. The van der Waals surface area contributed by atoms with E-state index in [4.69, 9.17) is 4.98 Å². The maximum atomic E-state index is 12.5. The molecule has 0 radical (unpaired) electrons. The molecule has 1 aliphatic heterocycles. The molecule has 1 atom stereocenters. The van der Waals surface area contributed by atoms with E-state index in [2.05, 4.69) is 61.0 Å². The van der Waals surface area contributed by atoms with E-state index in [-0.39, 0.29) is 17.9 Å². The first kappa shape index (κ1) is 20.1. The van der Waals surface area contributed by atoms with Crippen molar-refractivity contribution in [3.05, 3.63) is 58.8 Å². The number of nitrogens with one attached hydrogen (secondary N) is 1. The van der Waals surface area contributed by atoms with E-state index in [1.807, 2.05) is 32.0 Å². The fourth-order valence-corrected chi connectivity index (χ4v) is 4.49. The molecule has 2 heterocycles. The van der Waals surface area contributed by atoms with Gasteiger partial charge in [-0.3, -0.25) is 14.3 Å². The van der Waals surface area contributed by atoms with Crippen molar-refractivity contribution in [2.75, 3.05) is 13.1 Å². The lowest BCUT2D eigenvalue weighted by Crippen LogP contribution is -2.44. The second-order valence-electron chi connectivity index (χ2n) is 8.07. The van der Waals surface area contributed by atoms with E-state index in [9.17, 15) is 4.79 Å². The SMILES string of the molecule is CC(C)NC(=O)[C@H]1CCCN(Cc2nc3ccccc3n2-c2cccc(Br)c2)C1. The van der Waals surface area contributed by atoms with Crippen LogP contribution in [0.3, 0.4) is 0 Å². The number of imidazole rings is 1. The van der Waals surface area contributed by atoms with Crippen LogP contribution in [0.15, 0.2) is 53.0 Å². The Balaban J connectivity index is 1.63. The van der Waals surface area contributed by atoms with Crippen LogP contribution in [-0.4, -0.2) is 39.5 Å². The average molecular weight is 455 g/mol. The van der Waals surface area contributed by atoms with Gasteiger partial charge in [-0.15, -0.1) is 0 Å². The summed E-state index contributed by atoms with van der Waals surface area (Å²) >= 11 is 3.59. The van der Waals surface area contributed by atoms with E-state index in [0.29, 0.717) is 0 Å². The smallest absolute Gasteiger partial charge is 0.224 e. The van der Waals surface area contributed by atoms with Crippen LogP contribution in [0.4, 0.5) is 0 Å². The van der Waals surface area contributed by atoms with Gasteiger partial charge in [0.1, 0.15) is 5.82 Å². The number of amides is 1. The third kappa shape index (κ3) is 4.54. The van der Waals surface area contributed by atoms with Gasteiger partial charge in [0.25, 0.3) is 0 Å². The van der Waals surface area contributed by atoms with E-state index in [1.165, 1.54) is 0 Å². The van der Waals surface area contributed by atoms with Crippen LogP contribution < -0.4 is 5.32 Å². The second kappa shape index (κ2) is 8.67. The van der Waals surface area contributed by atoms with Gasteiger partial charge in [-0.1, -0.05) is 34.1 Å². The number of fused-ring (bicyclic) bond motifs is 1. The minimum atomic E-state index is 0.0508. The maximum Gasteiger partial charge on any atom is 0.224 e. The molecule has 1 aliphatic rings. The van der Waals surface area contributed by atoms with Gasteiger partial charge in [-0.2, -0.15) is 0 Å². The highest BCUT2D eigenvalue weighted by atomic mass is 79.9. The molecule has 0 bridgehead atoms. The molecule has 0 unspecified atom stereocenters. The number of benzene rings is 2. The van der Waals surface area contributed by atoms with Crippen molar-refractivity contribution < 1.29 is 4.79 Å². The van der Waals surface area contributed by atoms with Crippen LogP contribution in [-0.2, 0) is 11.3 Å². The highest BCUT2D eigenvalue weighted by Gasteiger charge is 2.27. The topological polar surface area (TPSA) is 50.2 Å². The molecular weight excluding hydrogens is 428 g/mol. The highest BCUT2D eigenvalue weighted by Crippen LogP contribution is 2.26. The van der Waals surface area contributed by atoms with Crippen molar-refractivity contribution in [3.8, 4) is 5.69 Å². The fraction of sp³-hybridized carbons (Fsp3) is 0.391. The molecule has 1 saturated heterocycles. The van der Waals surface area contributed by atoms with Gasteiger partial charge in [-0.05, 0) is 63.6 Å². The normalized spacial score (nSPS) is 17.7. The predicted molar refractivity (Wildman–Crippen MR) is 120 cm³/mol. The van der Waals surface area contributed by atoms with Crippen molar-refractivity contribution in [1.82, 2.24) is 19.8 Å². The monoisotopic (exact) mass is 454 g/mol. The number of para-hydroxylation sites is 2. The van der Waals surface area contributed by atoms with E-state index in [1.54, 1.807) is 0 Å². The second-order valence-corrected chi connectivity index (χ2v) is 8.99. The van der Waals surface area contributed by atoms with Crippen LogP contribution in [0.5, 0.6) is 0 Å². The first-order valence-corrected chi connectivity index (χ1v) is 11.1. The Morgan fingerprint density at radius 3 is 2.86 bits per heavy atom. The predicted octanol–water partition coefficient (Wildman–Crippen LogP) is 4.52. The molecule has 0 spiro atoms. The summed E-state index contributed by atoms with van der Waals surface area (Å²) in [6, 6.07) is 16.7. The van der Waals surface area contributed by atoms with E-state index in [0.717, 1.165) is 59.5 Å². The van der Waals surface area contributed by atoms with Gasteiger partial charge < -0.3 is 5.32 Å². The van der Waals surface area contributed by atoms with Gasteiger partial charge in [0.15, 0.2) is 0 Å². The quantitative estimate of drug-likeness (QED) is 0.616. The molecule has 1 amide bonds. The van der Waals surface area contributed by atoms with Crippen molar-refractivity contribution in [1.29, 1.82) is 0 Å². The van der Waals surface area contributed by atoms with Gasteiger partial charge in [0.05, 0.1) is 23.5 Å². The number of nitrogens with zero attached hydrogens (tertiary/aromatic N) is 3. The summed E-state index contributed by atoms with van der Waals surface area (Å²) in [5, 5.41) is 3.07. The van der Waals surface area contributed by atoms with Crippen molar-refractivity contribution in [3.63, 3.8) is 0 Å². The van der Waals surface area contributed by atoms with E-state index < -0.39 is 0 Å². The molecule has 1 N–H and O–H groups in total. The van der Waals surface area contributed by atoms with Gasteiger partial charge >= 0.3 is 0 Å². The lowest BCUT2D eigenvalue weighted by Gasteiger charge is -2.32. The van der Waals surface area contributed by atoms with Crippen LogP contribution in [0, 0.1) is 5.92 Å². The lowest BCUT2D eigenvalue weighted by atomic mass is 9.97. The zero-order valence-electron chi connectivity index (χ0n) is 16.9. The number of halogens is 1. The highest BCUT2D eigenvalue weighted by molar-refractivity contribution is 9.10. The summed E-state index contributed by atoms with van der Waals surface area (Å²) < 4.78 is 3.28. The number of rotatable bonds is 5. The molecule has 152 valence electrons. The third-order valence-electron chi connectivity index (χ3n) is 5.37. The Kier molecular flexibility index (Phi) is 6.01. The van der Waals surface area contributed by atoms with Crippen molar-refractivity contribution in [2.24, 2.45) is 5.92 Å². The molecular formula is C23H27BrN4O. The van der Waals surface area contributed by atoms with Gasteiger partial charge in [0, 0.05) is 22.7 Å². The largest absolute Gasteiger partial charge is 0.354 e. The molecule has 3 aromatic rings. The molecule has 2 aromatic carbocycles. The van der Waals surface area contributed by atoms with Crippen LogP contribution >= 0.6 is 15.9 Å². The molecule has 5 nitrogen and oxygen atoms in total. The summed E-state index contributed by atoms with van der Waals surface area (Å²) in [6.07, 6.45) is 1.99. The van der Waals surface area contributed by atoms with Gasteiger partial charge in [-0.25, -0.2) is 4.98 Å². The van der Waals surface area contributed by atoms with Crippen LogP contribution in [0.2, 0.25) is 0 Å². The number of piperidine rings is 1. The number of likely N-dealkylation sites (tertiary alicyclic amines) is 1.